The fourth-order valence-corrected chi connectivity index (χ4v) is 4.06. The Kier molecular flexibility index (Phi) is 4.04. The normalized spacial score (nSPS) is 19.2. The van der Waals surface area contributed by atoms with Gasteiger partial charge in [0.05, 0.1) is 10.6 Å². The number of nitrogens with one attached hydrogen (secondary N) is 1. The summed E-state index contributed by atoms with van der Waals surface area (Å²) < 4.78 is 23.8. The summed E-state index contributed by atoms with van der Waals surface area (Å²) in [6.07, 6.45) is 2.14. The van der Waals surface area contributed by atoms with Crippen molar-refractivity contribution >= 4 is 9.84 Å². The van der Waals surface area contributed by atoms with Gasteiger partial charge in [-0.2, -0.15) is 0 Å². The maximum Gasteiger partial charge on any atom is 0.178 e. The molecule has 1 aliphatic heterocycles. The van der Waals surface area contributed by atoms with Gasteiger partial charge in [-0.25, -0.2) is 8.42 Å². The van der Waals surface area contributed by atoms with Crippen molar-refractivity contribution < 1.29 is 13.5 Å². The van der Waals surface area contributed by atoms with Crippen molar-refractivity contribution in [1.29, 1.82) is 0 Å². The van der Waals surface area contributed by atoms with E-state index in [1.54, 1.807) is 6.07 Å². The molecule has 0 radical (unpaired) electrons. The van der Waals surface area contributed by atoms with Gasteiger partial charge in [0.15, 0.2) is 9.84 Å². The SMILES string of the molecule is CNC(CCO)c1ccc2c(c1)CCCS2(=O)=O. The second-order valence-electron chi connectivity index (χ2n) is 4.64. The van der Waals surface area contributed by atoms with Crippen LogP contribution < -0.4 is 5.32 Å². The maximum absolute atomic E-state index is 11.9. The Morgan fingerprint density at radius 1 is 1.44 bits per heavy atom. The van der Waals surface area contributed by atoms with E-state index in [0.717, 1.165) is 17.5 Å². The number of hydrogen-bond acceptors (Lipinski definition) is 4. The monoisotopic (exact) mass is 269 g/mol. The zero-order valence-electron chi connectivity index (χ0n) is 10.5. The smallest absolute Gasteiger partial charge is 0.178 e. The van der Waals surface area contributed by atoms with Crippen LogP contribution in [0.25, 0.3) is 0 Å². The van der Waals surface area contributed by atoms with Gasteiger partial charge in [0.2, 0.25) is 0 Å². The number of aryl methyl sites for hydroxylation is 1. The van der Waals surface area contributed by atoms with E-state index in [4.69, 9.17) is 5.11 Å². The Morgan fingerprint density at radius 3 is 2.89 bits per heavy atom. The van der Waals surface area contributed by atoms with Gasteiger partial charge in [0, 0.05) is 12.6 Å². The molecular formula is C13H19NO3S. The van der Waals surface area contributed by atoms with E-state index in [-0.39, 0.29) is 18.4 Å². The number of aliphatic hydroxyl groups is 1. The first-order chi connectivity index (χ1) is 8.58. The minimum atomic E-state index is -3.07. The summed E-state index contributed by atoms with van der Waals surface area (Å²) in [5.74, 6) is 0.255. The Balaban J connectivity index is 2.38. The number of benzene rings is 1. The topological polar surface area (TPSA) is 66.4 Å². The first kappa shape index (κ1) is 13.5. The van der Waals surface area contributed by atoms with E-state index >= 15 is 0 Å². The fraction of sp³-hybridized carbons (Fsp3) is 0.538. The lowest BCUT2D eigenvalue weighted by atomic mass is 9.99. The van der Waals surface area contributed by atoms with Crippen LogP contribution in [0, 0.1) is 0 Å². The van der Waals surface area contributed by atoms with Crippen molar-refractivity contribution in [3.8, 4) is 0 Å². The highest BCUT2D eigenvalue weighted by Crippen LogP contribution is 2.28. The molecule has 1 unspecified atom stereocenters. The van der Waals surface area contributed by atoms with Crippen LogP contribution in [0.5, 0.6) is 0 Å². The van der Waals surface area contributed by atoms with Crippen LogP contribution >= 0.6 is 0 Å². The molecule has 0 aliphatic carbocycles. The lowest BCUT2D eigenvalue weighted by Crippen LogP contribution is -2.20. The maximum atomic E-state index is 11.9. The van der Waals surface area contributed by atoms with Gasteiger partial charge in [-0.15, -0.1) is 0 Å². The molecule has 0 fully saturated rings. The van der Waals surface area contributed by atoms with Crippen LogP contribution in [0.1, 0.15) is 30.0 Å². The van der Waals surface area contributed by atoms with Crippen LogP contribution in [0.2, 0.25) is 0 Å². The molecule has 100 valence electrons. The van der Waals surface area contributed by atoms with E-state index in [1.165, 1.54) is 0 Å². The summed E-state index contributed by atoms with van der Waals surface area (Å²) in [6, 6.07) is 5.59. The quantitative estimate of drug-likeness (QED) is 0.857. The van der Waals surface area contributed by atoms with Crippen molar-refractivity contribution in [3.05, 3.63) is 29.3 Å². The predicted molar refractivity (Wildman–Crippen MR) is 70.3 cm³/mol. The van der Waals surface area contributed by atoms with Gasteiger partial charge >= 0.3 is 0 Å². The van der Waals surface area contributed by atoms with Crippen molar-refractivity contribution in [2.75, 3.05) is 19.4 Å². The number of sulfone groups is 1. The summed E-state index contributed by atoms with van der Waals surface area (Å²) >= 11 is 0. The molecule has 0 bridgehead atoms. The number of aliphatic hydroxyl groups excluding tert-OH is 1. The van der Waals surface area contributed by atoms with E-state index in [1.807, 2.05) is 19.2 Å². The Labute approximate surface area is 108 Å². The Bertz CT molecular complexity index is 525. The summed E-state index contributed by atoms with van der Waals surface area (Å²) in [5.41, 5.74) is 1.96. The summed E-state index contributed by atoms with van der Waals surface area (Å²) in [7, 11) is -1.23. The molecule has 0 saturated carbocycles. The predicted octanol–water partition coefficient (Wildman–Crippen LogP) is 1.05. The summed E-state index contributed by atoms with van der Waals surface area (Å²) in [4.78, 5) is 0.483. The lowest BCUT2D eigenvalue weighted by molar-refractivity contribution is 0.268. The molecule has 18 heavy (non-hydrogen) atoms. The van der Waals surface area contributed by atoms with Crippen LogP contribution in [0.3, 0.4) is 0 Å². The van der Waals surface area contributed by atoms with Crippen molar-refractivity contribution in [1.82, 2.24) is 5.32 Å². The molecule has 2 rings (SSSR count). The Morgan fingerprint density at radius 2 is 2.22 bits per heavy atom. The van der Waals surface area contributed by atoms with Gasteiger partial charge in [-0.3, -0.25) is 0 Å². The van der Waals surface area contributed by atoms with Crippen LogP contribution in [-0.2, 0) is 16.3 Å². The second kappa shape index (κ2) is 5.38. The minimum absolute atomic E-state index is 0.0740. The number of fused-ring (bicyclic) bond motifs is 1. The van der Waals surface area contributed by atoms with Crippen LogP contribution in [0.15, 0.2) is 23.1 Å². The minimum Gasteiger partial charge on any atom is -0.396 e. The molecule has 0 aromatic heterocycles. The molecule has 1 aromatic carbocycles. The molecular weight excluding hydrogens is 250 g/mol. The average molecular weight is 269 g/mol. The highest BCUT2D eigenvalue weighted by Gasteiger charge is 2.24. The average Bonchev–Trinajstić information content (AvgIpc) is 2.35. The van der Waals surface area contributed by atoms with Gasteiger partial charge < -0.3 is 10.4 Å². The molecule has 0 saturated heterocycles. The molecule has 1 heterocycles. The van der Waals surface area contributed by atoms with Crippen LogP contribution in [0.4, 0.5) is 0 Å². The van der Waals surface area contributed by atoms with Crippen molar-refractivity contribution in [2.24, 2.45) is 0 Å². The standard InChI is InChI=1S/C13H19NO3S/c1-14-12(6-7-15)10-4-5-13-11(9-10)3-2-8-18(13,16)17/h4-5,9,12,14-15H,2-3,6-8H2,1H3. The molecule has 4 nitrogen and oxygen atoms in total. The first-order valence-electron chi connectivity index (χ1n) is 6.22. The third kappa shape index (κ3) is 2.58. The van der Waals surface area contributed by atoms with Gasteiger partial charge in [0.1, 0.15) is 0 Å². The Hall–Kier alpha value is -0.910. The number of hydrogen-bond donors (Lipinski definition) is 2. The van der Waals surface area contributed by atoms with Gasteiger partial charge in [-0.05, 0) is 43.5 Å². The molecule has 2 N–H and O–H groups in total. The molecule has 5 heteroatoms. The first-order valence-corrected chi connectivity index (χ1v) is 7.87. The zero-order valence-corrected chi connectivity index (χ0v) is 11.3. The summed E-state index contributed by atoms with van der Waals surface area (Å²) in [5, 5.41) is 12.2. The molecule has 1 atom stereocenters. The van der Waals surface area contributed by atoms with Crippen LogP contribution in [-0.4, -0.2) is 32.9 Å². The highest BCUT2D eigenvalue weighted by molar-refractivity contribution is 7.91. The third-order valence-corrected chi connectivity index (χ3v) is 5.34. The van der Waals surface area contributed by atoms with Gasteiger partial charge in [0.25, 0.3) is 0 Å². The van der Waals surface area contributed by atoms with Crippen molar-refractivity contribution in [2.45, 2.75) is 30.2 Å². The van der Waals surface area contributed by atoms with E-state index in [2.05, 4.69) is 5.32 Å². The fourth-order valence-electron chi connectivity index (χ4n) is 2.48. The van der Waals surface area contributed by atoms with Crippen molar-refractivity contribution in [3.63, 3.8) is 0 Å². The largest absolute Gasteiger partial charge is 0.396 e. The molecule has 0 spiro atoms. The third-order valence-electron chi connectivity index (χ3n) is 3.45. The number of rotatable bonds is 4. The molecule has 1 aliphatic rings. The summed E-state index contributed by atoms with van der Waals surface area (Å²) in [6.45, 7) is 0.112. The zero-order chi connectivity index (χ0) is 13.2. The lowest BCUT2D eigenvalue weighted by Gasteiger charge is -2.20. The van der Waals surface area contributed by atoms with E-state index in [0.29, 0.717) is 17.7 Å². The highest BCUT2D eigenvalue weighted by atomic mass is 32.2. The van der Waals surface area contributed by atoms with E-state index in [9.17, 15) is 8.42 Å². The van der Waals surface area contributed by atoms with Gasteiger partial charge in [-0.1, -0.05) is 12.1 Å². The second-order valence-corrected chi connectivity index (χ2v) is 6.72. The molecule has 0 amide bonds. The van der Waals surface area contributed by atoms with E-state index < -0.39 is 9.84 Å². The molecule has 1 aromatic rings.